The molecule has 5 nitrogen and oxygen atoms in total. The van der Waals surface area contributed by atoms with E-state index in [1.165, 1.54) is 35.5 Å². The number of hydrogen-bond donors (Lipinski definition) is 2. The van der Waals surface area contributed by atoms with Crippen LogP contribution in [0.25, 0.3) is 31.8 Å². The molecule has 2 aromatic carbocycles. The number of phenols is 1. The van der Waals surface area contributed by atoms with Crippen molar-refractivity contribution in [3.8, 4) is 16.3 Å². The number of nitrogens with zero attached hydrogens (tertiary/aromatic N) is 1. The normalized spacial score (nSPS) is 26.3. The second kappa shape index (κ2) is 7.15. The molecule has 1 saturated heterocycles. The third-order valence-electron chi connectivity index (χ3n) is 7.58. The van der Waals surface area contributed by atoms with Gasteiger partial charge in [0.05, 0.1) is 33.9 Å². The highest BCUT2D eigenvalue weighted by Gasteiger charge is 2.52. The zero-order chi connectivity index (χ0) is 23.0. The molecule has 0 amide bonds. The molecule has 3 heterocycles. The van der Waals surface area contributed by atoms with Gasteiger partial charge in [-0.3, -0.25) is 0 Å². The Morgan fingerprint density at radius 1 is 1.18 bits per heavy atom. The number of thiazole rings is 1. The SMILES string of the molecule is CC1(C)C[C@H]2C[C@](C)(C[NH+]2Cc2c(O)ccc3cc(-c4nc5ccccc5s4)c(=O)oc23)C1. The lowest BCUT2D eigenvalue weighted by Crippen LogP contribution is -3.12. The minimum absolute atomic E-state index is 0.205. The van der Waals surface area contributed by atoms with E-state index in [1.807, 2.05) is 36.4 Å². The molecule has 3 atom stereocenters. The van der Waals surface area contributed by atoms with Crippen LogP contribution in [-0.2, 0) is 6.54 Å². The minimum atomic E-state index is -0.406. The number of quaternary nitrogens is 1. The van der Waals surface area contributed by atoms with Crippen molar-refractivity contribution in [3.05, 3.63) is 58.4 Å². The summed E-state index contributed by atoms with van der Waals surface area (Å²) in [6.07, 6.45) is 3.65. The van der Waals surface area contributed by atoms with Crippen LogP contribution < -0.4 is 10.5 Å². The maximum atomic E-state index is 13.0. The Balaban J connectivity index is 1.40. The summed E-state index contributed by atoms with van der Waals surface area (Å²) in [7, 11) is 0. The standard InChI is InChI=1S/C27H28N2O3S/c1-26(2)11-17-12-27(3,14-26)15-29(17)13-19-21(30)9-8-16-10-18(25(31)32-23(16)19)24-28-20-6-4-5-7-22(20)33-24/h4-10,17,30H,11-15H2,1-3H3/p+1/t17-,27-/m0/s1. The van der Waals surface area contributed by atoms with E-state index in [0.29, 0.717) is 39.6 Å². The molecular formula is C27H29N2O3S+. The first kappa shape index (κ1) is 20.9. The fourth-order valence-corrected chi connectivity index (χ4v) is 7.69. The van der Waals surface area contributed by atoms with E-state index in [4.69, 9.17) is 4.42 Å². The summed E-state index contributed by atoms with van der Waals surface area (Å²) < 4.78 is 6.92. The van der Waals surface area contributed by atoms with Crippen LogP contribution in [0.4, 0.5) is 0 Å². The Morgan fingerprint density at radius 3 is 2.82 bits per heavy atom. The van der Waals surface area contributed by atoms with Gasteiger partial charge in [0.1, 0.15) is 17.3 Å². The highest BCUT2D eigenvalue weighted by molar-refractivity contribution is 7.21. The van der Waals surface area contributed by atoms with Crippen molar-refractivity contribution in [2.24, 2.45) is 10.8 Å². The van der Waals surface area contributed by atoms with E-state index in [2.05, 4.69) is 25.8 Å². The zero-order valence-electron chi connectivity index (χ0n) is 19.3. The molecule has 6 rings (SSSR count). The molecule has 170 valence electrons. The first-order valence-electron chi connectivity index (χ1n) is 11.7. The van der Waals surface area contributed by atoms with E-state index in [1.54, 1.807) is 6.07 Å². The van der Waals surface area contributed by atoms with Gasteiger partial charge < -0.3 is 14.4 Å². The van der Waals surface area contributed by atoms with Crippen molar-refractivity contribution in [2.45, 2.75) is 52.6 Å². The third kappa shape index (κ3) is 3.56. The molecule has 1 aliphatic carbocycles. The van der Waals surface area contributed by atoms with E-state index in [-0.39, 0.29) is 5.75 Å². The van der Waals surface area contributed by atoms with Crippen molar-refractivity contribution in [2.75, 3.05) is 6.54 Å². The van der Waals surface area contributed by atoms with Crippen LogP contribution in [0.2, 0.25) is 0 Å². The lowest BCUT2D eigenvalue weighted by Gasteiger charge is -2.37. The molecule has 1 unspecified atom stereocenters. The zero-order valence-corrected chi connectivity index (χ0v) is 20.1. The fraction of sp³-hybridized carbons (Fsp3) is 0.407. The molecular weight excluding hydrogens is 432 g/mol. The quantitative estimate of drug-likeness (QED) is 0.432. The van der Waals surface area contributed by atoms with Crippen molar-refractivity contribution >= 4 is 32.5 Å². The maximum absolute atomic E-state index is 13.0. The Bertz CT molecular complexity index is 1420. The average Bonchev–Trinajstić information content (AvgIpc) is 3.27. The number of fused-ring (bicyclic) bond motifs is 4. The molecule has 2 fully saturated rings. The lowest BCUT2D eigenvalue weighted by molar-refractivity contribution is -0.928. The number of para-hydroxylation sites is 1. The average molecular weight is 462 g/mol. The number of hydrogen-bond acceptors (Lipinski definition) is 5. The second-order valence-corrected chi connectivity index (χ2v) is 12.2. The number of nitrogens with one attached hydrogen (secondary N) is 1. The molecule has 1 aliphatic heterocycles. The third-order valence-corrected chi connectivity index (χ3v) is 8.65. The summed E-state index contributed by atoms with van der Waals surface area (Å²) in [6, 6.07) is 13.9. The molecule has 1 saturated carbocycles. The first-order valence-corrected chi connectivity index (χ1v) is 12.5. The van der Waals surface area contributed by atoms with Gasteiger partial charge in [-0.2, -0.15) is 0 Å². The molecule has 0 spiro atoms. The number of aromatic hydroxyl groups is 1. The predicted molar refractivity (Wildman–Crippen MR) is 132 cm³/mol. The summed E-state index contributed by atoms with van der Waals surface area (Å²) >= 11 is 1.49. The fourth-order valence-electron chi connectivity index (χ4n) is 6.72. The number of likely N-dealkylation sites (tertiary alicyclic amines) is 1. The van der Waals surface area contributed by atoms with Crippen LogP contribution >= 0.6 is 11.3 Å². The predicted octanol–water partition coefficient (Wildman–Crippen LogP) is 4.76. The summed E-state index contributed by atoms with van der Waals surface area (Å²) in [5.74, 6) is 0.205. The van der Waals surface area contributed by atoms with E-state index in [9.17, 15) is 9.90 Å². The molecule has 0 radical (unpaired) electrons. The molecule has 6 heteroatoms. The van der Waals surface area contributed by atoms with Crippen LogP contribution in [0.15, 0.2) is 51.7 Å². The van der Waals surface area contributed by atoms with E-state index < -0.39 is 5.63 Å². The molecule has 2 aromatic heterocycles. The van der Waals surface area contributed by atoms with Gasteiger partial charge in [0.15, 0.2) is 5.58 Å². The minimum Gasteiger partial charge on any atom is -0.507 e. The summed E-state index contributed by atoms with van der Waals surface area (Å²) in [4.78, 5) is 19.2. The van der Waals surface area contributed by atoms with Crippen molar-refractivity contribution in [1.82, 2.24) is 4.98 Å². The Kier molecular flexibility index (Phi) is 4.52. The highest BCUT2D eigenvalue weighted by atomic mass is 32.1. The second-order valence-electron chi connectivity index (χ2n) is 11.2. The van der Waals surface area contributed by atoms with E-state index >= 15 is 0 Å². The van der Waals surface area contributed by atoms with Crippen LogP contribution in [0.1, 0.15) is 45.6 Å². The van der Waals surface area contributed by atoms with Gasteiger partial charge in [-0.1, -0.05) is 32.9 Å². The summed E-state index contributed by atoms with van der Waals surface area (Å²) in [5.41, 5.74) is 2.87. The van der Waals surface area contributed by atoms with Crippen LogP contribution in [0, 0.1) is 10.8 Å². The Hall–Kier alpha value is -2.70. The first-order chi connectivity index (χ1) is 15.7. The number of benzene rings is 2. The Morgan fingerprint density at radius 2 is 2.00 bits per heavy atom. The number of aromatic nitrogens is 1. The topological polar surface area (TPSA) is 67.8 Å². The molecule has 2 bridgehead atoms. The largest absolute Gasteiger partial charge is 0.507 e. The van der Waals surface area contributed by atoms with Gasteiger partial charge in [0.25, 0.3) is 0 Å². The monoisotopic (exact) mass is 461 g/mol. The number of phenolic OH excluding ortho intramolecular Hbond substituents is 1. The molecule has 2 aliphatic rings. The van der Waals surface area contributed by atoms with Crippen LogP contribution in [0.3, 0.4) is 0 Å². The maximum Gasteiger partial charge on any atom is 0.346 e. The van der Waals surface area contributed by atoms with E-state index in [0.717, 1.165) is 27.7 Å². The summed E-state index contributed by atoms with van der Waals surface area (Å²) in [6.45, 7) is 8.91. The van der Waals surface area contributed by atoms with Crippen LogP contribution in [-0.4, -0.2) is 22.7 Å². The van der Waals surface area contributed by atoms with Gasteiger partial charge in [0, 0.05) is 23.6 Å². The van der Waals surface area contributed by atoms with Crippen molar-refractivity contribution in [3.63, 3.8) is 0 Å². The van der Waals surface area contributed by atoms with Gasteiger partial charge in [-0.25, -0.2) is 9.78 Å². The lowest BCUT2D eigenvalue weighted by atomic mass is 9.65. The Labute approximate surface area is 196 Å². The van der Waals surface area contributed by atoms with Gasteiger partial charge >= 0.3 is 5.63 Å². The number of rotatable bonds is 3. The molecule has 2 N–H and O–H groups in total. The van der Waals surface area contributed by atoms with Gasteiger partial charge in [0.2, 0.25) is 0 Å². The smallest absolute Gasteiger partial charge is 0.346 e. The van der Waals surface area contributed by atoms with Gasteiger partial charge in [-0.15, -0.1) is 11.3 Å². The van der Waals surface area contributed by atoms with Crippen LogP contribution in [0.5, 0.6) is 5.75 Å². The van der Waals surface area contributed by atoms with Gasteiger partial charge in [-0.05, 0) is 42.2 Å². The highest BCUT2D eigenvalue weighted by Crippen LogP contribution is 2.47. The molecule has 4 aromatic rings. The summed E-state index contributed by atoms with van der Waals surface area (Å²) in [5, 5.41) is 12.2. The van der Waals surface area contributed by atoms with Crippen molar-refractivity contribution in [1.29, 1.82) is 0 Å². The molecule has 33 heavy (non-hydrogen) atoms. The van der Waals surface area contributed by atoms with Crippen molar-refractivity contribution < 1.29 is 14.4 Å².